The molecular weight excluding hydrogens is 302 g/mol. The minimum absolute atomic E-state index is 0.0982. The van der Waals surface area contributed by atoms with Gasteiger partial charge in [-0.1, -0.05) is 36.7 Å². The Balaban J connectivity index is 2.00. The maximum Gasteiger partial charge on any atom is 0.254 e. The maximum absolute atomic E-state index is 12.2. The Hall–Kier alpha value is -1.85. The fourth-order valence-electron chi connectivity index (χ4n) is 2.25. The van der Waals surface area contributed by atoms with Gasteiger partial charge in [-0.15, -0.1) is 0 Å². The Bertz CT molecular complexity index is 655. The van der Waals surface area contributed by atoms with Gasteiger partial charge in [-0.3, -0.25) is 9.48 Å². The summed E-state index contributed by atoms with van der Waals surface area (Å²) in [6.45, 7) is 4.80. The van der Waals surface area contributed by atoms with Crippen molar-refractivity contribution in [2.24, 2.45) is 0 Å². The summed E-state index contributed by atoms with van der Waals surface area (Å²) in [6, 6.07) is 7.04. The number of nitrogens with zero attached hydrogens (tertiary/aromatic N) is 2. The number of amides is 1. The van der Waals surface area contributed by atoms with Gasteiger partial charge < -0.3 is 10.4 Å². The molecule has 1 aromatic carbocycles. The highest BCUT2D eigenvalue weighted by Gasteiger charge is 2.16. The second-order valence-corrected chi connectivity index (χ2v) is 5.52. The van der Waals surface area contributed by atoms with E-state index in [-0.39, 0.29) is 12.5 Å². The Labute approximate surface area is 134 Å². The number of hydrogen-bond acceptors (Lipinski definition) is 3. The summed E-state index contributed by atoms with van der Waals surface area (Å²) in [5.41, 5.74) is 1.95. The van der Waals surface area contributed by atoms with Gasteiger partial charge in [-0.2, -0.15) is 5.10 Å². The fraction of sp³-hybridized carbons (Fsp3) is 0.375. The van der Waals surface area contributed by atoms with E-state index in [9.17, 15) is 9.90 Å². The van der Waals surface area contributed by atoms with Crippen LogP contribution < -0.4 is 5.32 Å². The van der Waals surface area contributed by atoms with Gasteiger partial charge in [0.15, 0.2) is 0 Å². The van der Waals surface area contributed by atoms with Crippen LogP contribution in [-0.2, 0) is 6.54 Å². The summed E-state index contributed by atoms with van der Waals surface area (Å²) >= 11 is 6.03. The first-order chi connectivity index (χ1) is 10.5. The third-order valence-corrected chi connectivity index (χ3v) is 3.85. The lowest BCUT2D eigenvalue weighted by Gasteiger charge is -2.13. The molecule has 0 aliphatic heterocycles. The second kappa shape index (κ2) is 7.42. The molecule has 2 rings (SSSR count). The molecule has 1 amide bonds. The summed E-state index contributed by atoms with van der Waals surface area (Å²) in [4.78, 5) is 12.2. The van der Waals surface area contributed by atoms with Crippen molar-refractivity contribution in [3.63, 3.8) is 0 Å². The van der Waals surface area contributed by atoms with Crippen LogP contribution >= 0.6 is 11.6 Å². The van der Waals surface area contributed by atoms with E-state index < -0.39 is 6.10 Å². The maximum atomic E-state index is 12.2. The van der Waals surface area contributed by atoms with Crippen LogP contribution in [0.15, 0.2) is 30.5 Å². The molecule has 0 aliphatic carbocycles. The predicted octanol–water partition coefficient (Wildman–Crippen LogP) is 2.72. The van der Waals surface area contributed by atoms with Gasteiger partial charge in [0, 0.05) is 29.4 Å². The van der Waals surface area contributed by atoms with E-state index in [1.165, 1.54) is 0 Å². The van der Waals surface area contributed by atoms with Crippen LogP contribution in [0.1, 0.15) is 41.1 Å². The highest BCUT2D eigenvalue weighted by molar-refractivity contribution is 6.31. The van der Waals surface area contributed by atoms with Crippen molar-refractivity contribution in [2.75, 3.05) is 6.54 Å². The molecule has 0 unspecified atom stereocenters. The molecule has 2 N–H and O–H groups in total. The van der Waals surface area contributed by atoms with Gasteiger partial charge in [0.1, 0.15) is 0 Å². The average molecular weight is 322 g/mol. The Morgan fingerprint density at radius 3 is 2.86 bits per heavy atom. The largest absolute Gasteiger partial charge is 0.387 e. The molecule has 0 spiro atoms. The molecule has 2 aromatic rings. The van der Waals surface area contributed by atoms with E-state index in [1.807, 2.05) is 6.92 Å². The monoisotopic (exact) mass is 321 g/mol. The van der Waals surface area contributed by atoms with Crippen LogP contribution in [-0.4, -0.2) is 27.3 Å². The number of carbonyl (C=O) groups is 1. The van der Waals surface area contributed by atoms with Crippen molar-refractivity contribution in [3.8, 4) is 0 Å². The molecule has 0 saturated heterocycles. The van der Waals surface area contributed by atoms with E-state index in [0.29, 0.717) is 16.1 Å². The Morgan fingerprint density at radius 1 is 1.45 bits per heavy atom. The van der Waals surface area contributed by atoms with Gasteiger partial charge in [0.25, 0.3) is 5.91 Å². The number of rotatable bonds is 6. The van der Waals surface area contributed by atoms with Crippen LogP contribution in [0, 0.1) is 6.92 Å². The first-order valence-corrected chi connectivity index (χ1v) is 7.65. The molecule has 0 saturated carbocycles. The summed E-state index contributed by atoms with van der Waals surface area (Å²) < 4.78 is 1.80. The smallest absolute Gasteiger partial charge is 0.254 e. The minimum Gasteiger partial charge on any atom is -0.387 e. The fourth-order valence-corrected chi connectivity index (χ4v) is 2.51. The normalized spacial score (nSPS) is 12.2. The number of aryl methyl sites for hydroxylation is 1. The first-order valence-electron chi connectivity index (χ1n) is 7.27. The lowest BCUT2D eigenvalue weighted by Crippen LogP contribution is -2.28. The molecule has 0 bridgehead atoms. The summed E-state index contributed by atoms with van der Waals surface area (Å²) in [5.74, 6) is -0.244. The van der Waals surface area contributed by atoms with Crippen molar-refractivity contribution in [3.05, 3.63) is 52.3 Å². The molecule has 1 atom stereocenters. The van der Waals surface area contributed by atoms with E-state index in [1.54, 1.807) is 35.1 Å². The molecule has 22 heavy (non-hydrogen) atoms. The predicted molar refractivity (Wildman–Crippen MR) is 86.0 cm³/mol. The van der Waals surface area contributed by atoms with Crippen LogP contribution in [0.4, 0.5) is 0 Å². The molecule has 0 aliphatic rings. The van der Waals surface area contributed by atoms with Gasteiger partial charge in [0.2, 0.25) is 0 Å². The second-order valence-electron chi connectivity index (χ2n) is 5.11. The lowest BCUT2D eigenvalue weighted by molar-refractivity contribution is 0.0915. The zero-order chi connectivity index (χ0) is 16.1. The summed E-state index contributed by atoms with van der Waals surface area (Å²) in [7, 11) is 0. The van der Waals surface area contributed by atoms with Gasteiger partial charge in [-0.05, 0) is 19.4 Å². The zero-order valence-electron chi connectivity index (χ0n) is 12.7. The van der Waals surface area contributed by atoms with Crippen molar-refractivity contribution < 1.29 is 9.90 Å². The lowest BCUT2D eigenvalue weighted by atomic mass is 10.1. The van der Waals surface area contributed by atoms with Crippen LogP contribution in [0.5, 0.6) is 0 Å². The quantitative estimate of drug-likeness (QED) is 0.859. The molecule has 1 aromatic heterocycles. The SMILES string of the molecule is CCCn1ncc(C(=O)NC[C@H](O)c2ccccc2Cl)c1C. The molecule has 1 heterocycles. The summed E-state index contributed by atoms with van der Waals surface area (Å²) in [5, 5.41) is 17.5. The molecule has 0 fully saturated rings. The van der Waals surface area contributed by atoms with Crippen LogP contribution in [0.25, 0.3) is 0 Å². The highest BCUT2D eigenvalue weighted by Crippen LogP contribution is 2.22. The van der Waals surface area contributed by atoms with Crippen LogP contribution in [0.2, 0.25) is 5.02 Å². The number of halogens is 1. The van der Waals surface area contributed by atoms with Gasteiger partial charge >= 0.3 is 0 Å². The number of carbonyl (C=O) groups excluding carboxylic acids is 1. The van der Waals surface area contributed by atoms with E-state index in [2.05, 4.69) is 17.3 Å². The summed E-state index contributed by atoms with van der Waals surface area (Å²) in [6.07, 6.45) is 1.67. The first kappa shape index (κ1) is 16.5. The van der Waals surface area contributed by atoms with Crippen molar-refractivity contribution >= 4 is 17.5 Å². The van der Waals surface area contributed by atoms with Crippen LogP contribution in [0.3, 0.4) is 0 Å². The van der Waals surface area contributed by atoms with Crippen molar-refractivity contribution in [1.29, 1.82) is 0 Å². The number of aliphatic hydroxyl groups is 1. The van der Waals surface area contributed by atoms with Crippen molar-refractivity contribution in [2.45, 2.75) is 32.9 Å². The van der Waals surface area contributed by atoms with E-state index >= 15 is 0 Å². The Kier molecular flexibility index (Phi) is 5.57. The number of hydrogen-bond donors (Lipinski definition) is 2. The topological polar surface area (TPSA) is 67.2 Å². The van der Waals surface area contributed by atoms with Gasteiger partial charge in [0.05, 0.1) is 17.9 Å². The third kappa shape index (κ3) is 3.67. The molecule has 5 nitrogen and oxygen atoms in total. The molecule has 6 heteroatoms. The number of benzene rings is 1. The third-order valence-electron chi connectivity index (χ3n) is 3.50. The average Bonchev–Trinajstić information content (AvgIpc) is 2.87. The zero-order valence-corrected chi connectivity index (χ0v) is 13.5. The molecular formula is C16H20ClN3O2. The number of aromatic nitrogens is 2. The minimum atomic E-state index is -0.844. The van der Waals surface area contributed by atoms with E-state index in [4.69, 9.17) is 11.6 Å². The molecule has 118 valence electrons. The highest BCUT2D eigenvalue weighted by atomic mass is 35.5. The number of aliphatic hydroxyl groups excluding tert-OH is 1. The molecule has 0 radical (unpaired) electrons. The van der Waals surface area contributed by atoms with Crippen molar-refractivity contribution in [1.82, 2.24) is 15.1 Å². The number of nitrogens with one attached hydrogen (secondary N) is 1. The van der Waals surface area contributed by atoms with Gasteiger partial charge in [-0.25, -0.2) is 0 Å². The van der Waals surface area contributed by atoms with E-state index in [0.717, 1.165) is 18.7 Å². The standard InChI is InChI=1S/C16H20ClN3O2/c1-3-8-20-11(2)13(9-19-20)16(22)18-10-15(21)12-6-4-5-7-14(12)17/h4-7,9,15,21H,3,8,10H2,1-2H3,(H,18,22)/t15-/m0/s1. The Morgan fingerprint density at radius 2 is 2.18 bits per heavy atom.